The molecule has 4 aliphatic rings. The zero-order valence-corrected chi connectivity index (χ0v) is 15.3. The van der Waals surface area contributed by atoms with Crippen LogP contribution in [-0.4, -0.2) is 11.6 Å². The van der Waals surface area contributed by atoms with E-state index in [9.17, 15) is 9.59 Å². The molecule has 0 amide bonds. The summed E-state index contributed by atoms with van der Waals surface area (Å²) in [6.07, 6.45) is 12.6. The summed E-state index contributed by atoms with van der Waals surface area (Å²) < 4.78 is 0. The van der Waals surface area contributed by atoms with E-state index < -0.39 is 0 Å². The van der Waals surface area contributed by atoms with Gasteiger partial charge in [-0.2, -0.15) is 0 Å². The van der Waals surface area contributed by atoms with Crippen LogP contribution >= 0.6 is 0 Å². The Hall–Kier alpha value is -1.44. The molecule has 2 fully saturated rings. The minimum atomic E-state index is -0.0914. The van der Waals surface area contributed by atoms with Crippen molar-refractivity contribution < 1.29 is 9.59 Å². The third-order valence-corrected chi connectivity index (χ3v) is 7.76. The smallest absolute Gasteiger partial charge is 0.178 e. The highest BCUT2D eigenvalue weighted by Gasteiger charge is 2.57. The first-order valence-corrected chi connectivity index (χ1v) is 9.43. The van der Waals surface area contributed by atoms with E-state index in [-0.39, 0.29) is 22.5 Å². The fourth-order valence-electron chi connectivity index (χ4n) is 6.59. The molecule has 0 aromatic carbocycles. The molecular formula is C22H28O2. The lowest BCUT2D eigenvalue weighted by atomic mass is 9.50. The van der Waals surface area contributed by atoms with E-state index in [1.165, 1.54) is 17.6 Å². The van der Waals surface area contributed by atoms with Gasteiger partial charge in [0.2, 0.25) is 0 Å². The van der Waals surface area contributed by atoms with Gasteiger partial charge in [0.25, 0.3) is 0 Å². The summed E-state index contributed by atoms with van der Waals surface area (Å²) >= 11 is 0. The number of rotatable bonds is 1. The molecule has 128 valence electrons. The molecule has 0 bridgehead atoms. The SMILES string of the molecule is CC(=O)[C@H]1CC[C@H]2[C@@H]3CC(C)C4=CC(=O)C=C[C@]4(C)C3=CC[C@]12C. The fourth-order valence-corrected chi connectivity index (χ4v) is 6.59. The van der Waals surface area contributed by atoms with Crippen LogP contribution in [0.3, 0.4) is 0 Å². The third-order valence-electron chi connectivity index (χ3n) is 7.76. The topological polar surface area (TPSA) is 34.1 Å². The normalized spacial score (nSPS) is 46.6. The zero-order chi connectivity index (χ0) is 17.3. The molecule has 6 atom stereocenters. The van der Waals surface area contributed by atoms with Crippen molar-refractivity contribution in [3.63, 3.8) is 0 Å². The largest absolute Gasteiger partial charge is 0.300 e. The summed E-state index contributed by atoms with van der Waals surface area (Å²) in [6.45, 7) is 8.69. The number of hydrogen-bond donors (Lipinski definition) is 0. The average Bonchev–Trinajstić information content (AvgIpc) is 2.87. The number of carbonyl (C=O) groups is 2. The second-order valence-corrected chi connectivity index (χ2v) is 9.00. The first-order valence-electron chi connectivity index (χ1n) is 9.43. The number of Topliss-reactive ketones (excluding diaryl/α,β-unsaturated/α-hetero) is 1. The standard InChI is InChI=1S/C22H28O2/c1-13-11-16-18-6-5-17(14(2)23)21(18,3)10-8-19(16)22(4)9-7-15(24)12-20(13)22/h7-9,12-13,16-18H,5-6,10-11H2,1-4H3/t13?,16-,17+,18-,21+,22+/m0/s1. The molecule has 2 heteroatoms. The van der Waals surface area contributed by atoms with Gasteiger partial charge in [-0.1, -0.05) is 31.6 Å². The van der Waals surface area contributed by atoms with Crippen LogP contribution in [0.2, 0.25) is 0 Å². The highest BCUT2D eigenvalue weighted by atomic mass is 16.1. The molecule has 2 saturated carbocycles. The van der Waals surface area contributed by atoms with Gasteiger partial charge in [-0.15, -0.1) is 0 Å². The maximum atomic E-state index is 12.2. The van der Waals surface area contributed by atoms with Gasteiger partial charge in [-0.25, -0.2) is 0 Å². The lowest BCUT2D eigenvalue weighted by Gasteiger charge is -2.54. The first-order chi connectivity index (χ1) is 11.3. The summed E-state index contributed by atoms with van der Waals surface area (Å²) in [5.74, 6) is 2.33. The highest BCUT2D eigenvalue weighted by Crippen LogP contribution is 2.64. The molecule has 0 heterocycles. The molecule has 2 nitrogen and oxygen atoms in total. The van der Waals surface area contributed by atoms with Gasteiger partial charge in [0.05, 0.1) is 0 Å². The first kappa shape index (κ1) is 16.1. The van der Waals surface area contributed by atoms with E-state index in [2.05, 4.69) is 32.9 Å². The van der Waals surface area contributed by atoms with Gasteiger partial charge >= 0.3 is 0 Å². The second-order valence-electron chi connectivity index (χ2n) is 9.00. The molecule has 1 unspecified atom stereocenters. The maximum Gasteiger partial charge on any atom is 0.178 e. The predicted molar refractivity (Wildman–Crippen MR) is 95.3 cm³/mol. The van der Waals surface area contributed by atoms with Crippen molar-refractivity contribution in [2.45, 2.75) is 53.4 Å². The Bertz CT molecular complexity index is 709. The van der Waals surface area contributed by atoms with Crippen LogP contribution < -0.4 is 0 Å². The van der Waals surface area contributed by atoms with Crippen LogP contribution in [0.25, 0.3) is 0 Å². The molecule has 0 aliphatic heterocycles. The van der Waals surface area contributed by atoms with Crippen molar-refractivity contribution in [1.82, 2.24) is 0 Å². The number of allylic oxidation sites excluding steroid dienone is 6. The van der Waals surface area contributed by atoms with E-state index in [4.69, 9.17) is 0 Å². The van der Waals surface area contributed by atoms with E-state index in [1.807, 2.05) is 6.08 Å². The van der Waals surface area contributed by atoms with Crippen molar-refractivity contribution in [3.8, 4) is 0 Å². The Balaban J connectivity index is 1.79. The molecule has 24 heavy (non-hydrogen) atoms. The zero-order valence-electron chi connectivity index (χ0n) is 15.3. The fraction of sp³-hybridized carbons (Fsp3) is 0.636. The van der Waals surface area contributed by atoms with Crippen molar-refractivity contribution in [2.75, 3.05) is 0 Å². The van der Waals surface area contributed by atoms with Crippen molar-refractivity contribution in [2.24, 2.45) is 34.5 Å². The molecule has 4 aliphatic carbocycles. The Labute approximate surface area is 145 Å². The molecular weight excluding hydrogens is 296 g/mol. The third kappa shape index (κ3) is 1.95. The average molecular weight is 324 g/mol. The van der Waals surface area contributed by atoms with E-state index in [1.54, 1.807) is 13.0 Å². The summed E-state index contributed by atoms with van der Waals surface area (Å²) in [6, 6.07) is 0. The van der Waals surface area contributed by atoms with Crippen molar-refractivity contribution in [1.29, 1.82) is 0 Å². The van der Waals surface area contributed by atoms with Crippen LogP contribution in [-0.2, 0) is 9.59 Å². The highest BCUT2D eigenvalue weighted by molar-refractivity contribution is 6.01. The van der Waals surface area contributed by atoms with Crippen molar-refractivity contribution >= 4 is 11.6 Å². The minimum absolute atomic E-state index is 0.0914. The molecule has 4 rings (SSSR count). The molecule has 0 aromatic heterocycles. The number of carbonyl (C=O) groups excluding carboxylic acids is 2. The van der Waals surface area contributed by atoms with Crippen molar-refractivity contribution in [3.05, 3.63) is 35.5 Å². The Morgan fingerprint density at radius 1 is 1.21 bits per heavy atom. The van der Waals surface area contributed by atoms with E-state index in [0.717, 1.165) is 19.3 Å². The van der Waals surface area contributed by atoms with Gasteiger partial charge in [0.15, 0.2) is 5.78 Å². The van der Waals surface area contributed by atoms with E-state index in [0.29, 0.717) is 23.5 Å². The van der Waals surface area contributed by atoms with Gasteiger partial charge in [0, 0.05) is 11.3 Å². The van der Waals surface area contributed by atoms with Gasteiger partial charge < -0.3 is 0 Å². The lowest BCUT2D eigenvalue weighted by Crippen LogP contribution is -2.46. The van der Waals surface area contributed by atoms with Crippen LogP contribution in [0.15, 0.2) is 35.5 Å². The quantitative estimate of drug-likeness (QED) is 0.657. The Morgan fingerprint density at radius 3 is 2.67 bits per heavy atom. The lowest BCUT2D eigenvalue weighted by molar-refractivity contribution is -0.124. The van der Waals surface area contributed by atoms with Gasteiger partial charge in [0.1, 0.15) is 5.78 Å². The van der Waals surface area contributed by atoms with Gasteiger partial charge in [-0.3, -0.25) is 9.59 Å². The molecule has 0 aromatic rings. The predicted octanol–water partition coefficient (Wildman–Crippen LogP) is 4.67. The Kier molecular flexibility index (Phi) is 3.37. The van der Waals surface area contributed by atoms with Crippen LogP contribution in [0, 0.1) is 34.5 Å². The number of hydrogen-bond acceptors (Lipinski definition) is 2. The summed E-state index contributed by atoms with van der Waals surface area (Å²) in [4.78, 5) is 24.1. The summed E-state index contributed by atoms with van der Waals surface area (Å²) in [7, 11) is 0. The van der Waals surface area contributed by atoms with Crippen LogP contribution in [0.5, 0.6) is 0 Å². The van der Waals surface area contributed by atoms with E-state index >= 15 is 0 Å². The second kappa shape index (κ2) is 5.03. The monoisotopic (exact) mass is 324 g/mol. The Morgan fingerprint density at radius 2 is 1.96 bits per heavy atom. The number of ketones is 2. The minimum Gasteiger partial charge on any atom is -0.300 e. The molecule has 0 spiro atoms. The molecule has 0 N–H and O–H groups in total. The van der Waals surface area contributed by atoms with Crippen LogP contribution in [0.4, 0.5) is 0 Å². The molecule has 0 radical (unpaired) electrons. The number of fused-ring (bicyclic) bond motifs is 5. The maximum absolute atomic E-state index is 12.2. The summed E-state index contributed by atoms with van der Waals surface area (Å²) in [5.41, 5.74) is 2.85. The molecule has 0 saturated heterocycles. The van der Waals surface area contributed by atoms with Crippen LogP contribution in [0.1, 0.15) is 53.4 Å². The summed E-state index contributed by atoms with van der Waals surface area (Å²) in [5, 5.41) is 0. The van der Waals surface area contributed by atoms with Gasteiger partial charge in [-0.05, 0) is 80.4 Å².